The molecule has 5 aliphatic rings. The number of anilines is 4. The molecule has 2 atom stereocenters. The van der Waals surface area contributed by atoms with Crippen LogP contribution >= 0.6 is 34.2 Å². The molecule has 0 radical (unpaired) electrons. The number of nitrogens with one attached hydrogen (secondary N) is 1. The van der Waals surface area contributed by atoms with Crippen LogP contribution in [0.4, 0.5) is 22.6 Å². The number of hydrogen-bond donors (Lipinski definition) is 3. The highest BCUT2D eigenvalue weighted by atomic mass is 127. The van der Waals surface area contributed by atoms with Gasteiger partial charge in [0.15, 0.2) is 22.5 Å². The quantitative estimate of drug-likeness (QED) is 0.0524. The molecule has 0 amide bonds. The van der Waals surface area contributed by atoms with Gasteiger partial charge in [-0.25, -0.2) is 17.9 Å². The molecule has 12 nitrogen and oxygen atoms in total. The SMILES string of the molecule is Cc1c(Nc2nc3ccccc3s2)nnc2c1CCCN2c1ccc(-c2cnn(CC34CC5(C)CC(C)(CC(CCCN(I)CCCCO)(C5)C3)C4)c2C)c(C(=O)O)n1. The average Bonchev–Trinajstić information content (AvgIpc) is 3.75. The Balaban J connectivity index is 0.948. The first kappa shape index (κ1) is 40.7. The number of pyridine rings is 1. The number of unbranched alkanes of at least 4 members (excludes halogenated alkanes) is 1. The summed E-state index contributed by atoms with van der Waals surface area (Å²) in [6.07, 6.45) is 15.6. The van der Waals surface area contributed by atoms with E-state index in [0.29, 0.717) is 45.8 Å². The summed E-state index contributed by atoms with van der Waals surface area (Å²) >= 11 is 4.05. The predicted molar refractivity (Wildman–Crippen MR) is 242 cm³/mol. The van der Waals surface area contributed by atoms with Gasteiger partial charge in [-0.2, -0.15) is 5.10 Å². The number of aromatic nitrogens is 6. The van der Waals surface area contributed by atoms with Crippen LogP contribution < -0.4 is 10.2 Å². The largest absolute Gasteiger partial charge is 0.476 e. The van der Waals surface area contributed by atoms with Crippen molar-refractivity contribution in [3.63, 3.8) is 0 Å². The number of halogens is 1. The first-order chi connectivity index (χ1) is 28.3. The van der Waals surface area contributed by atoms with Crippen molar-refractivity contribution in [3.05, 3.63) is 65.1 Å². The van der Waals surface area contributed by atoms with E-state index in [4.69, 9.17) is 15.1 Å². The van der Waals surface area contributed by atoms with Crippen LogP contribution in [0.25, 0.3) is 21.3 Å². The molecule has 10 rings (SSSR count). The molecule has 1 aromatic carbocycles. The van der Waals surface area contributed by atoms with E-state index in [1.807, 2.05) is 41.4 Å². The highest BCUT2D eigenvalue weighted by Crippen LogP contribution is 2.75. The number of carboxylic acids is 1. The summed E-state index contributed by atoms with van der Waals surface area (Å²) in [5.41, 5.74) is 6.62. The van der Waals surface area contributed by atoms with Crippen molar-refractivity contribution in [1.82, 2.24) is 33.1 Å². The van der Waals surface area contributed by atoms with Crippen molar-refractivity contribution in [2.45, 2.75) is 111 Å². The third-order valence-corrected chi connectivity index (χ3v) is 15.8. The first-order valence-corrected chi connectivity index (χ1v) is 23.1. The summed E-state index contributed by atoms with van der Waals surface area (Å²) in [6.45, 7) is 13.2. The predicted octanol–water partition coefficient (Wildman–Crippen LogP) is 10.1. The van der Waals surface area contributed by atoms with Crippen LogP contribution in [0.15, 0.2) is 42.6 Å². The van der Waals surface area contributed by atoms with Crippen molar-refractivity contribution in [3.8, 4) is 11.1 Å². The molecule has 4 fully saturated rings. The lowest BCUT2D eigenvalue weighted by Gasteiger charge is -2.70. The second kappa shape index (κ2) is 15.6. The van der Waals surface area contributed by atoms with E-state index in [1.165, 1.54) is 51.4 Å². The Morgan fingerprint density at radius 2 is 1.69 bits per heavy atom. The van der Waals surface area contributed by atoms with Gasteiger partial charge in [0.2, 0.25) is 0 Å². The molecule has 4 saturated carbocycles. The summed E-state index contributed by atoms with van der Waals surface area (Å²) in [5.74, 6) is 0.872. The van der Waals surface area contributed by atoms with Crippen molar-refractivity contribution in [2.75, 3.05) is 36.5 Å². The molecule has 4 aliphatic carbocycles. The van der Waals surface area contributed by atoms with E-state index in [2.05, 4.69) is 79.9 Å². The zero-order valence-corrected chi connectivity index (χ0v) is 37.7. The van der Waals surface area contributed by atoms with Gasteiger partial charge in [0.25, 0.3) is 0 Å². The number of para-hydroxylation sites is 1. The third kappa shape index (κ3) is 7.87. The number of fused-ring (bicyclic) bond motifs is 2. The molecule has 59 heavy (non-hydrogen) atoms. The highest BCUT2D eigenvalue weighted by Gasteiger charge is 2.65. The number of rotatable bonds is 15. The number of hydrogen-bond acceptors (Lipinski definition) is 11. The number of aliphatic hydroxyl groups is 1. The van der Waals surface area contributed by atoms with Gasteiger partial charge < -0.3 is 20.4 Å². The second-order valence-electron chi connectivity index (χ2n) is 19.1. The maximum Gasteiger partial charge on any atom is 0.355 e. The van der Waals surface area contributed by atoms with Gasteiger partial charge in [0.1, 0.15) is 5.82 Å². The van der Waals surface area contributed by atoms with Crippen LogP contribution in [0.2, 0.25) is 0 Å². The topological polar surface area (TPSA) is 145 Å². The molecule has 2 unspecified atom stereocenters. The number of aromatic carboxylic acids is 1. The Morgan fingerprint density at radius 1 is 0.932 bits per heavy atom. The Bertz CT molecular complexity index is 2350. The Labute approximate surface area is 364 Å². The van der Waals surface area contributed by atoms with E-state index in [1.54, 1.807) is 11.3 Å². The van der Waals surface area contributed by atoms with Crippen molar-refractivity contribution in [1.29, 1.82) is 0 Å². The lowest BCUT2D eigenvalue weighted by molar-refractivity contribution is -0.198. The fourth-order valence-corrected chi connectivity index (χ4v) is 14.4. The van der Waals surface area contributed by atoms with Gasteiger partial charge in [-0.15, -0.1) is 10.2 Å². The van der Waals surface area contributed by atoms with Crippen LogP contribution in [0, 0.1) is 35.5 Å². The Kier molecular flexibility index (Phi) is 10.8. The third-order valence-electron chi connectivity index (χ3n) is 13.9. The van der Waals surface area contributed by atoms with Crippen molar-refractivity contribution < 1.29 is 15.0 Å². The van der Waals surface area contributed by atoms with Crippen LogP contribution in [0.1, 0.15) is 112 Å². The fourth-order valence-electron chi connectivity index (χ4n) is 12.9. The van der Waals surface area contributed by atoms with Crippen LogP contribution in [0.5, 0.6) is 0 Å². The average molecular weight is 930 g/mol. The van der Waals surface area contributed by atoms with E-state index < -0.39 is 5.97 Å². The smallest absolute Gasteiger partial charge is 0.355 e. The molecule has 312 valence electrons. The van der Waals surface area contributed by atoms with Crippen LogP contribution in [-0.2, 0) is 13.0 Å². The highest BCUT2D eigenvalue weighted by molar-refractivity contribution is 14.1. The van der Waals surface area contributed by atoms with E-state index in [-0.39, 0.29) is 17.7 Å². The molecule has 0 spiro atoms. The maximum atomic E-state index is 13.0. The Morgan fingerprint density at radius 3 is 2.46 bits per heavy atom. The normalized spacial score (nSPS) is 25.9. The lowest BCUT2D eigenvalue weighted by Crippen LogP contribution is -2.60. The molecule has 14 heteroatoms. The summed E-state index contributed by atoms with van der Waals surface area (Å²) < 4.78 is 5.69. The van der Waals surface area contributed by atoms with E-state index >= 15 is 0 Å². The molecule has 5 heterocycles. The van der Waals surface area contributed by atoms with Gasteiger partial charge >= 0.3 is 5.97 Å². The monoisotopic (exact) mass is 929 g/mol. The minimum absolute atomic E-state index is 0.0190. The van der Waals surface area contributed by atoms with Gasteiger partial charge in [-0.05, 0) is 137 Å². The standard InChI is InChI=1S/C45H56IN9O3S/c1-29-31-11-9-19-54(39(31)52-51-38(29)50-41-48-34-12-5-6-13-35(34)59-41)36-15-14-32(37(49-36)40(57)58)33-21-47-55(30(33)2)28-45-25-42(3)22-43(4,26-45)24-44(23-42,27-45)16-10-18-53(46)17-7-8-20-56/h5-6,12-15,21,56H,7-11,16-20,22-28H2,1-4H3,(H,57,58)(H,48,50,51). The summed E-state index contributed by atoms with van der Waals surface area (Å²) in [5, 5.41) is 38.3. The number of carboxylic acid groups (broad SMARTS) is 1. The Hall–Kier alpha value is -3.73. The van der Waals surface area contributed by atoms with Crippen molar-refractivity contribution in [2.24, 2.45) is 21.7 Å². The molecular formula is C45H56IN9O3S. The molecule has 4 aromatic heterocycles. The maximum absolute atomic E-state index is 13.0. The fraction of sp³-hybridized carbons (Fsp3) is 0.556. The van der Waals surface area contributed by atoms with Crippen LogP contribution in [0.3, 0.4) is 0 Å². The molecular weight excluding hydrogens is 874 g/mol. The van der Waals surface area contributed by atoms with Gasteiger partial charge in [0.05, 0.1) is 16.4 Å². The second-order valence-corrected chi connectivity index (χ2v) is 21.5. The zero-order chi connectivity index (χ0) is 41.2. The van der Waals surface area contributed by atoms with E-state index in [0.717, 1.165) is 83.1 Å². The van der Waals surface area contributed by atoms with Crippen molar-refractivity contribution >= 4 is 73.0 Å². The zero-order valence-electron chi connectivity index (χ0n) is 34.7. The molecule has 4 bridgehead atoms. The lowest BCUT2D eigenvalue weighted by atomic mass is 9.35. The summed E-state index contributed by atoms with van der Waals surface area (Å²) in [7, 11) is 0. The number of thiazole rings is 1. The van der Waals surface area contributed by atoms with Crippen LogP contribution in [-0.4, -0.2) is 75.5 Å². The van der Waals surface area contributed by atoms with Gasteiger partial charge in [0, 0.05) is 83.6 Å². The van der Waals surface area contributed by atoms with Gasteiger partial charge in [-0.1, -0.05) is 37.3 Å². The molecule has 5 aromatic rings. The number of nitrogens with zero attached hydrogens (tertiary/aromatic N) is 8. The number of benzene rings is 1. The van der Waals surface area contributed by atoms with E-state index in [9.17, 15) is 15.0 Å². The number of carbonyl (C=O) groups is 1. The molecule has 0 saturated heterocycles. The molecule has 3 N–H and O–H groups in total. The minimum atomic E-state index is -1.06. The summed E-state index contributed by atoms with van der Waals surface area (Å²) in [4.78, 5) is 24.5. The first-order valence-electron chi connectivity index (χ1n) is 21.3. The number of aliphatic hydroxyl groups excluding tert-OH is 1. The summed E-state index contributed by atoms with van der Waals surface area (Å²) in [6, 6.07) is 11.9. The van der Waals surface area contributed by atoms with Gasteiger partial charge in [-0.3, -0.25) is 4.68 Å². The molecule has 1 aliphatic heterocycles. The minimum Gasteiger partial charge on any atom is -0.476 e.